The molecule has 0 radical (unpaired) electrons. The van der Waals surface area contributed by atoms with Crippen LogP contribution in [-0.4, -0.2) is 18.6 Å². The molecule has 86 valence electrons. The monoisotopic (exact) mass is 228 g/mol. The van der Waals surface area contributed by atoms with Crippen LogP contribution in [0.25, 0.3) is 0 Å². The largest absolute Gasteiger partial charge is 0.372 e. The van der Waals surface area contributed by atoms with E-state index in [0.717, 1.165) is 17.1 Å². The van der Waals surface area contributed by atoms with Crippen LogP contribution in [-0.2, 0) is 10.3 Å². The van der Waals surface area contributed by atoms with Crippen LogP contribution in [0.15, 0.2) is 5.38 Å². The molecule has 0 bridgehead atoms. The quantitative estimate of drug-likeness (QED) is 0.842. The van der Waals surface area contributed by atoms with Crippen molar-refractivity contribution in [3.05, 3.63) is 16.1 Å². The number of hydrogen-bond acceptors (Lipinski definition) is 4. The van der Waals surface area contributed by atoms with Gasteiger partial charge < -0.3 is 10.5 Å². The highest BCUT2D eigenvalue weighted by Gasteiger charge is 2.24. The summed E-state index contributed by atoms with van der Waals surface area (Å²) in [6.45, 7) is 6.85. The van der Waals surface area contributed by atoms with Crippen molar-refractivity contribution in [2.24, 2.45) is 5.73 Å². The second-order valence-corrected chi connectivity index (χ2v) is 4.99. The molecule has 0 saturated carbocycles. The van der Waals surface area contributed by atoms with Crippen molar-refractivity contribution >= 4 is 11.3 Å². The van der Waals surface area contributed by atoms with Crippen LogP contribution in [0.5, 0.6) is 0 Å². The summed E-state index contributed by atoms with van der Waals surface area (Å²) in [4.78, 5) is 4.61. The Labute approximate surface area is 95.7 Å². The van der Waals surface area contributed by atoms with Crippen molar-refractivity contribution in [2.75, 3.05) is 13.7 Å². The standard InChI is InChI=1S/C11H20N2OS/c1-5-8(6-12)9-7-15-10(13-9)11(2,3)14-4/h7-8H,5-6,12H2,1-4H3. The zero-order valence-electron chi connectivity index (χ0n) is 9.91. The Morgan fingerprint density at radius 1 is 1.60 bits per heavy atom. The molecule has 2 N–H and O–H groups in total. The van der Waals surface area contributed by atoms with Gasteiger partial charge in [0.15, 0.2) is 0 Å². The first-order valence-corrected chi connectivity index (χ1v) is 6.14. The van der Waals surface area contributed by atoms with E-state index in [1.54, 1.807) is 18.4 Å². The van der Waals surface area contributed by atoms with E-state index in [0.29, 0.717) is 12.5 Å². The van der Waals surface area contributed by atoms with Crippen molar-refractivity contribution < 1.29 is 4.74 Å². The molecular weight excluding hydrogens is 208 g/mol. The lowest BCUT2D eigenvalue weighted by atomic mass is 10.0. The zero-order chi connectivity index (χ0) is 11.5. The Balaban J connectivity index is 2.89. The minimum atomic E-state index is -0.296. The number of nitrogens with zero attached hydrogens (tertiary/aromatic N) is 1. The normalized spacial score (nSPS) is 14.2. The highest BCUT2D eigenvalue weighted by molar-refractivity contribution is 7.09. The molecule has 0 aromatic carbocycles. The molecule has 1 atom stereocenters. The van der Waals surface area contributed by atoms with E-state index in [2.05, 4.69) is 17.3 Å². The predicted molar refractivity (Wildman–Crippen MR) is 64.2 cm³/mol. The molecule has 1 aromatic heterocycles. The molecule has 1 heterocycles. The fourth-order valence-electron chi connectivity index (χ4n) is 1.33. The van der Waals surface area contributed by atoms with E-state index in [-0.39, 0.29) is 5.60 Å². The average molecular weight is 228 g/mol. The molecule has 15 heavy (non-hydrogen) atoms. The van der Waals surface area contributed by atoms with Crippen molar-refractivity contribution in [2.45, 2.75) is 38.7 Å². The summed E-state index contributed by atoms with van der Waals surface area (Å²) < 4.78 is 5.40. The molecule has 4 heteroatoms. The van der Waals surface area contributed by atoms with Gasteiger partial charge in [-0.15, -0.1) is 11.3 Å². The van der Waals surface area contributed by atoms with Crippen LogP contribution in [0.4, 0.5) is 0 Å². The summed E-state index contributed by atoms with van der Waals surface area (Å²) in [5, 5.41) is 3.11. The lowest BCUT2D eigenvalue weighted by Gasteiger charge is -2.19. The zero-order valence-corrected chi connectivity index (χ0v) is 10.7. The molecule has 0 saturated heterocycles. The summed E-state index contributed by atoms with van der Waals surface area (Å²) in [6, 6.07) is 0. The lowest BCUT2D eigenvalue weighted by Crippen LogP contribution is -2.19. The first kappa shape index (κ1) is 12.6. The molecule has 0 fully saturated rings. The van der Waals surface area contributed by atoms with Gasteiger partial charge in [-0.3, -0.25) is 0 Å². The second kappa shape index (κ2) is 5.05. The average Bonchev–Trinajstić information content (AvgIpc) is 2.70. The van der Waals surface area contributed by atoms with E-state index in [4.69, 9.17) is 10.5 Å². The highest BCUT2D eigenvalue weighted by Crippen LogP contribution is 2.29. The van der Waals surface area contributed by atoms with Crippen LogP contribution in [0.2, 0.25) is 0 Å². The molecule has 1 aromatic rings. The molecule has 3 nitrogen and oxygen atoms in total. The van der Waals surface area contributed by atoms with Gasteiger partial charge in [0.1, 0.15) is 10.6 Å². The maximum Gasteiger partial charge on any atom is 0.124 e. The number of aromatic nitrogens is 1. The van der Waals surface area contributed by atoms with E-state index >= 15 is 0 Å². The molecular formula is C11H20N2OS. The third kappa shape index (κ3) is 2.77. The second-order valence-electron chi connectivity index (χ2n) is 4.13. The molecule has 0 spiro atoms. The number of hydrogen-bond donors (Lipinski definition) is 1. The fourth-order valence-corrected chi connectivity index (χ4v) is 2.34. The molecule has 1 unspecified atom stereocenters. The molecule has 0 amide bonds. The summed E-state index contributed by atoms with van der Waals surface area (Å²) in [5.74, 6) is 0.377. The Morgan fingerprint density at radius 3 is 2.73 bits per heavy atom. The maximum absolute atomic E-state index is 5.70. The van der Waals surface area contributed by atoms with Crippen LogP contribution in [0.3, 0.4) is 0 Å². The van der Waals surface area contributed by atoms with Gasteiger partial charge >= 0.3 is 0 Å². The first-order chi connectivity index (χ1) is 7.05. The maximum atomic E-state index is 5.70. The molecule has 1 rings (SSSR count). The van der Waals surface area contributed by atoms with Gasteiger partial charge in [0, 0.05) is 25.0 Å². The number of ether oxygens (including phenoxy) is 1. The van der Waals surface area contributed by atoms with Crippen LogP contribution < -0.4 is 5.73 Å². The van der Waals surface area contributed by atoms with Gasteiger partial charge in [0.05, 0.1) is 5.69 Å². The smallest absolute Gasteiger partial charge is 0.124 e. The minimum absolute atomic E-state index is 0.296. The summed E-state index contributed by atoms with van der Waals surface area (Å²) >= 11 is 1.65. The Hall–Kier alpha value is -0.450. The van der Waals surface area contributed by atoms with Crippen LogP contribution in [0.1, 0.15) is 43.8 Å². The minimum Gasteiger partial charge on any atom is -0.372 e. The molecule has 0 aliphatic carbocycles. The highest BCUT2D eigenvalue weighted by atomic mass is 32.1. The van der Waals surface area contributed by atoms with Crippen molar-refractivity contribution in [3.63, 3.8) is 0 Å². The summed E-state index contributed by atoms with van der Waals surface area (Å²) in [7, 11) is 1.71. The third-order valence-corrected chi connectivity index (χ3v) is 3.91. The Morgan fingerprint density at radius 2 is 2.27 bits per heavy atom. The Bertz CT molecular complexity index is 305. The topological polar surface area (TPSA) is 48.1 Å². The summed E-state index contributed by atoms with van der Waals surface area (Å²) in [5.41, 5.74) is 6.51. The molecule has 0 aliphatic rings. The van der Waals surface area contributed by atoms with E-state index in [1.165, 1.54) is 0 Å². The van der Waals surface area contributed by atoms with Gasteiger partial charge in [0.25, 0.3) is 0 Å². The van der Waals surface area contributed by atoms with Crippen molar-refractivity contribution in [1.82, 2.24) is 4.98 Å². The van der Waals surface area contributed by atoms with Gasteiger partial charge in [-0.2, -0.15) is 0 Å². The van der Waals surface area contributed by atoms with Gasteiger partial charge in [-0.1, -0.05) is 6.92 Å². The van der Waals surface area contributed by atoms with Crippen molar-refractivity contribution in [3.8, 4) is 0 Å². The third-order valence-electron chi connectivity index (χ3n) is 2.74. The van der Waals surface area contributed by atoms with E-state index < -0.39 is 0 Å². The first-order valence-electron chi connectivity index (χ1n) is 5.26. The van der Waals surface area contributed by atoms with Crippen LogP contribution >= 0.6 is 11.3 Å². The van der Waals surface area contributed by atoms with Gasteiger partial charge in [-0.05, 0) is 20.3 Å². The molecule has 0 aliphatic heterocycles. The SMILES string of the molecule is CCC(CN)c1csc(C(C)(C)OC)n1. The van der Waals surface area contributed by atoms with Gasteiger partial charge in [0.2, 0.25) is 0 Å². The number of rotatable bonds is 5. The fraction of sp³-hybridized carbons (Fsp3) is 0.727. The number of methoxy groups -OCH3 is 1. The van der Waals surface area contributed by atoms with E-state index in [1.807, 2.05) is 13.8 Å². The Kier molecular flexibility index (Phi) is 4.25. The number of nitrogens with two attached hydrogens (primary N) is 1. The lowest BCUT2D eigenvalue weighted by molar-refractivity contribution is 0.0189. The van der Waals surface area contributed by atoms with Crippen molar-refractivity contribution in [1.29, 1.82) is 0 Å². The summed E-state index contributed by atoms with van der Waals surface area (Å²) in [6.07, 6.45) is 1.03. The number of thiazole rings is 1. The predicted octanol–water partition coefficient (Wildman–Crippen LogP) is 2.48. The van der Waals surface area contributed by atoms with Crippen LogP contribution in [0, 0.1) is 0 Å². The van der Waals surface area contributed by atoms with Gasteiger partial charge in [-0.25, -0.2) is 4.98 Å². The van der Waals surface area contributed by atoms with E-state index in [9.17, 15) is 0 Å².